The van der Waals surface area contributed by atoms with E-state index in [0.29, 0.717) is 0 Å². The molecular formula is C20H21N3O2. The summed E-state index contributed by atoms with van der Waals surface area (Å²) in [5.41, 5.74) is 2.97. The second kappa shape index (κ2) is 5.92. The van der Waals surface area contributed by atoms with E-state index in [-0.39, 0.29) is 17.6 Å². The van der Waals surface area contributed by atoms with Gasteiger partial charge in [0.05, 0.1) is 22.5 Å². The molecule has 1 aliphatic carbocycles. The summed E-state index contributed by atoms with van der Waals surface area (Å²) < 4.78 is 0. The lowest BCUT2D eigenvalue weighted by Gasteiger charge is -2.41. The Balaban J connectivity index is 1.57. The molecule has 2 aromatic carbocycles. The maximum atomic E-state index is 13.0. The van der Waals surface area contributed by atoms with Crippen LogP contribution >= 0.6 is 0 Å². The zero-order chi connectivity index (χ0) is 17.4. The Morgan fingerprint density at radius 2 is 1.80 bits per heavy atom. The Bertz CT molecular complexity index is 967. The van der Waals surface area contributed by atoms with Crippen LogP contribution in [0.3, 0.4) is 0 Å². The molecule has 0 bridgehead atoms. The fraction of sp³-hybridized carbons (Fsp3) is 0.300. The summed E-state index contributed by atoms with van der Waals surface area (Å²) in [5.74, 6) is 0.0834. The molecule has 1 amide bonds. The van der Waals surface area contributed by atoms with Crippen molar-refractivity contribution in [3.8, 4) is 0 Å². The Hall–Kier alpha value is -2.82. The number of aromatic amines is 2. The average Bonchev–Trinajstić information content (AvgIpc) is 2.94. The van der Waals surface area contributed by atoms with E-state index in [1.807, 2.05) is 55.5 Å². The predicted molar refractivity (Wildman–Crippen MR) is 97.4 cm³/mol. The van der Waals surface area contributed by atoms with Crippen molar-refractivity contribution < 1.29 is 4.79 Å². The van der Waals surface area contributed by atoms with Crippen LogP contribution in [0, 0.1) is 0 Å². The van der Waals surface area contributed by atoms with Gasteiger partial charge >= 0.3 is 5.69 Å². The lowest BCUT2D eigenvalue weighted by atomic mass is 9.63. The molecule has 0 spiro atoms. The minimum Gasteiger partial charge on any atom is -0.349 e. The van der Waals surface area contributed by atoms with E-state index in [0.717, 1.165) is 41.4 Å². The highest BCUT2D eigenvalue weighted by Crippen LogP contribution is 2.44. The summed E-state index contributed by atoms with van der Waals surface area (Å²) in [6.45, 7) is 1.97. The van der Waals surface area contributed by atoms with Gasteiger partial charge in [0.2, 0.25) is 5.91 Å². The number of amides is 1. The fourth-order valence-electron chi connectivity index (χ4n) is 3.67. The number of H-pyrrole nitrogens is 2. The van der Waals surface area contributed by atoms with Gasteiger partial charge in [0.15, 0.2) is 0 Å². The SMILES string of the molecule is CC(NC(=O)C1(c2ccccc2)CCC1)c1ccc2[nH]c(=O)[nH]c2c1. The van der Waals surface area contributed by atoms with Crippen LogP contribution in [0.1, 0.15) is 43.4 Å². The van der Waals surface area contributed by atoms with Crippen molar-refractivity contribution in [2.75, 3.05) is 0 Å². The van der Waals surface area contributed by atoms with E-state index in [1.54, 1.807) is 0 Å². The molecule has 128 valence electrons. The fourth-order valence-corrected chi connectivity index (χ4v) is 3.67. The number of hydrogen-bond donors (Lipinski definition) is 3. The Morgan fingerprint density at radius 3 is 2.48 bits per heavy atom. The third kappa shape index (κ3) is 2.65. The number of nitrogens with one attached hydrogen (secondary N) is 3. The number of fused-ring (bicyclic) bond motifs is 1. The van der Waals surface area contributed by atoms with Gasteiger partial charge in [0.25, 0.3) is 0 Å². The van der Waals surface area contributed by atoms with Gasteiger partial charge < -0.3 is 15.3 Å². The second-order valence-electron chi connectivity index (χ2n) is 6.88. The molecule has 1 aromatic heterocycles. The van der Waals surface area contributed by atoms with E-state index >= 15 is 0 Å². The van der Waals surface area contributed by atoms with E-state index in [2.05, 4.69) is 15.3 Å². The summed E-state index contributed by atoms with van der Waals surface area (Å²) in [5, 5.41) is 3.17. The van der Waals surface area contributed by atoms with Gasteiger partial charge in [0.1, 0.15) is 0 Å². The van der Waals surface area contributed by atoms with Gasteiger partial charge in [-0.05, 0) is 43.0 Å². The molecule has 3 aromatic rings. The number of carbonyl (C=O) groups is 1. The lowest BCUT2D eigenvalue weighted by molar-refractivity contribution is -0.130. The van der Waals surface area contributed by atoms with Gasteiger partial charge in [-0.25, -0.2) is 4.79 Å². The van der Waals surface area contributed by atoms with Crippen LogP contribution in [0.4, 0.5) is 0 Å². The number of aromatic nitrogens is 2. The van der Waals surface area contributed by atoms with Gasteiger partial charge in [-0.15, -0.1) is 0 Å². The second-order valence-corrected chi connectivity index (χ2v) is 6.88. The van der Waals surface area contributed by atoms with Crippen molar-refractivity contribution in [3.05, 3.63) is 70.1 Å². The van der Waals surface area contributed by atoms with Crippen LogP contribution in [0.25, 0.3) is 11.0 Å². The predicted octanol–water partition coefficient (Wildman–Crippen LogP) is 3.16. The number of hydrogen-bond acceptors (Lipinski definition) is 2. The van der Waals surface area contributed by atoms with E-state index < -0.39 is 5.41 Å². The van der Waals surface area contributed by atoms with Gasteiger partial charge in [-0.1, -0.05) is 42.8 Å². The van der Waals surface area contributed by atoms with Crippen molar-refractivity contribution in [3.63, 3.8) is 0 Å². The van der Waals surface area contributed by atoms with Gasteiger partial charge in [-0.3, -0.25) is 4.79 Å². The Kier molecular flexibility index (Phi) is 3.71. The third-order valence-corrected chi connectivity index (χ3v) is 5.36. The molecule has 5 heteroatoms. The van der Waals surface area contributed by atoms with Crippen LogP contribution < -0.4 is 11.0 Å². The van der Waals surface area contributed by atoms with Crippen molar-refractivity contribution in [2.24, 2.45) is 0 Å². The summed E-state index contributed by atoms with van der Waals surface area (Å²) in [6.07, 6.45) is 2.85. The molecule has 1 unspecified atom stereocenters. The zero-order valence-electron chi connectivity index (χ0n) is 14.1. The minimum atomic E-state index is -0.401. The molecule has 1 atom stereocenters. The lowest BCUT2D eigenvalue weighted by Crippen LogP contribution is -2.49. The highest BCUT2D eigenvalue weighted by Gasteiger charge is 2.45. The molecular weight excluding hydrogens is 314 g/mol. The smallest absolute Gasteiger partial charge is 0.323 e. The number of carbonyl (C=O) groups excluding carboxylic acids is 1. The van der Waals surface area contributed by atoms with Crippen LogP contribution in [0.15, 0.2) is 53.3 Å². The first-order valence-electron chi connectivity index (χ1n) is 8.67. The zero-order valence-corrected chi connectivity index (χ0v) is 14.1. The van der Waals surface area contributed by atoms with Crippen molar-refractivity contribution in [1.29, 1.82) is 0 Å². The summed E-state index contributed by atoms with van der Waals surface area (Å²) in [4.78, 5) is 29.9. The molecule has 0 aliphatic heterocycles. The van der Waals surface area contributed by atoms with Crippen molar-refractivity contribution in [1.82, 2.24) is 15.3 Å². The minimum absolute atomic E-state index is 0.0834. The average molecular weight is 335 g/mol. The Labute approximate surface area is 145 Å². The summed E-state index contributed by atoms with van der Waals surface area (Å²) in [7, 11) is 0. The molecule has 25 heavy (non-hydrogen) atoms. The largest absolute Gasteiger partial charge is 0.349 e. The maximum absolute atomic E-state index is 13.0. The molecule has 1 heterocycles. The van der Waals surface area contributed by atoms with Gasteiger partial charge in [0, 0.05) is 0 Å². The van der Waals surface area contributed by atoms with Crippen LogP contribution in [0.2, 0.25) is 0 Å². The van der Waals surface area contributed by atoms with E-state index in [1.165, 1.54) is 0 Å². The molecule has 3 N–H and O–H groups in total. The number of benzene rings is 2. The monoisotopic (exact) mass is 335 g/mol. The number of rotatable bonds is 4. The first-order chi connectivity index (χ1) is 12.1. The Morgan fingerprint density at radius 1 is 1.08 bits per heavy atom. The van der Waals surface area contributed by atoms with Crippen molar-refractivity contribution in [2.45, 2.75) is 37.6 Å². The molecule has 1 aliphatic rings. The molecule has 4 rings (SSSR count). The number of imidazole rings is 1. The quantitative estimate of drug-likeness (QED) is 0.685. The highest BCUT2D eigenvalue weighted by atomic mass is 16.2. The van der Waals surface area contributed by atoms with Gasteiger partial charge in [-0.2, -0.15) is 0 Å². The van der Waals surface area contributed by atoms with E-state index in [9.17, 15) is 9.59 Å². The van der Waals surface area contributed by atoms with E-state index in [4.69, 9.17) is 0 Å². The molecule has 0 radical (unpaired) electrons. The normalized spacial score (nSPS) is 17.0. The molecule has 1 saturated carbocycles. The first-order valence-corrected chi connectivity index (χ1v) is 8.67. The maximum Gasteiger partial charge on any atom is 0.323 e. The van der Waals surface area contributed by atoms with Crippen LogP contribution in [-0.4, -0.2) is 15.9 Å². The highest BCUT2D eigenvalue weighted by molar-refractivity contribution is 5.89. The summed E-state index contributed by atoms with van der Waals surface area (Å²) >= 11 is 0. The van der Waals surface area contributed by atoms with Crippen LogP contribution in [0.5, 0.6) is 0 Å². The topological polar surface area (TPSA) is 77.8 Å². The molecule has 1 fully saturated rings. The molecule has 0 saturated heterocycles. The third-order valence-electron chi connectivity index (χ3n) is 5.36. The van der Waals surface area contributed by atoms with Crippen LogP contribution in [-0.2, 0) is 10.2 Å². The van der Waals surface area contributed by atoms with Crippen molar-refractivity contribution >= 4 is 16.9 Å². The molecule has 5 nitrogen and oxygen atoms in total. The summed E-state index contributed by atoms with van der Waals surface area (Å²) in [6, 6.07) is 15.6. The standard InChI is InChI=1S/C20H21N3O2/c1-13(14-8-9-16-17(12-14)23-19(25)22-16)21-18(24)20(10-5-11-20)15-6-3-2-4-7-15/h2-4,6-9,12-13H,5,10-11H2,1H3,(H,21,24)(H2,22,23,25). The first kappa shape index (κ1) is 15.7.